The Morgan fingerprint density at radius 2 is 2.00 bits per heavy atom. The molecular weight excluding hydrogens is 289 g/mol. The molecule has 0 aliphatic heterocycles. The van der Waals surface area contributed by atoms with Crippen molar-refractivity contribution in [2.75, 3.05) is 6.54 Å². The van der Waals surface area contributed by atoms with Gasteiger partial charge >= 0.3 is 6.18 Å². The first kappa shape index (κ1) is 14.7. The van der Waals surface area contributed by atoms with E-state index in [9.17, 15) is 18.0 Å². The van der Waals surface area contributed by atoms with Gasteiger partial charge in [-0.1, -0.05) is 24.3 Å². The van der Waals surface area contributed by atoms with Gasteiger partial charge in [-0.25, -0.2) is 4.98 Å². The van der Waals surface area contributed by atoms with Crippen LogP contribution in [0, 0.1) is 0 Å². The molecule has 1 aromatic carbocycles. The van der Waals surface area contributed by atoms with Gasteiger partial charge in [-0.05, 0) is 18.5 Å². The van der Waals surface area contributed by atoms with E-state index >= 15 is 0 Å². The van der Waals surface area contributed by atoms with Crippen LogP contribution in [0.15, 0.2) is 30.5 Å². The Kier molecular flexibility index (Phi) is 4.20. The zero-order valence-corrected chi connectivity index (χ0v) is 11.1. The highest BCUT2D eigenvalue weighted by Crippen LogP contribution is 2.33. The zero-order chi connectivity index (χ0) is 14.8. The minimum atomic E-state index is -4.53. The van der Waals surface area contributed by atoms with E-state index in [4.69, 9.17) is 5.73 Å². The normalized spacial score (nSPS) is 11.6. The lowest BCUT2D eigenvalue weighted by atomic mass is 10.0. The lowest BCUT2D eigenvalue weighted by Crippen LogP contribution is -2.09. The van der Waals surface area contributed by atoms with E-state index in [1.807, 2.05) is 0 Å². The van der Waals surface area contributed by atoms with E-state index < -0.39 is 17.0 Å². The van der Waals surface area contributed by atoms with Crippen LogP contribution >= 0.6 is 11.3 Å². The minimum absolute atomic E-state index is 0.0261. The van der Waals surface area contributed by atoms with Crippen LogP contribution in [0.5, 0.6) is 0 Å². The summed E-state index contributed by atoms with van der Waals surface area (Å²) in [5, 5.41) is -1.02. The molecule has 20 heavy (non-hydrogen) atoms. The van der Waals surface area contributed by atoms with Crippen LogP contribution in [-0.4, -0.2) is 17.3 Å². The van der Waals surface area contributed by atoms with Crippen LogP contribution in [0.1, 0.15) is 25.8 Å². The fourth-order valence-electron chi connectivity index (χ4n) is 1.76. The first-order chi connectivity index (χ1) is 9.43. The summed E-state index contributed by atoms with van der Waals surface area (Å²) in [4.78, 5) is 15.5. The lowest BCUT2D eigenvalue weighted by molar-refractivity contribution is -0.137. The van der Waals surface area contributed by atoms with Crippen LogP contribution < -0.4 is 5.73 Å². The van der Waals surface area contributed by atoms with Gasteiger partial charge < -0.3 is 5.73 Å². The summed E-state index contributed by atoms with van der Waals surface area (Å²) in [6.07, 6.45) is -3.07. The number of hydrogen-bond donors (Lipinski definition) is 1. The van der Waals surface area contributed by atoms with Gasteiger partial charge in [-0.3, -0.25) is 4.79 Å². The number of ketones is 1. The molecule has 2 aromatic rings. The Morgan fingerprint density at radius 1 is 1.30 bits per heavy atom. The third kappa shape index (κ3) is 3.05. The molecule has 0 radical (unpaired) electrons. The van der Waals surface area contributed by atoms with Crippen LogP contribution in [0.3, 0.4) is 0 Å². The first-order valence-corrected chi connectivity index (χ1v) is 6.61. The Hall–Kier alpha value is -1.73. The van der Waals surface area contributed by atoms with Gasteiger partial charge in [0.2, 0.25) is 5.78 Å². The summed E-state index contributed by atoms with van der Waals surface area (Å²) in [5.74, 6) is -0.456. The summed E-state index contributed by atoms with van der Waals surface area (Å²) in [7, 11) is 0. The van der Waals surface area contributed by atoms with E-state index in [1.54, 1.807) is 24.3 Å². The van der Waals surface area contributed by atoms with Crippen molar-refractivity contribution in [1.29, 1.82) is 0 Å². The fourth-order valence-corrected chi connectivity index (χ4v) is 2.50. The van der Waals surface area contributed by atoms with Crippen LogP contribution in [0.25, 0.3) is 0 Å². The van der Waals surface area contributed by atoms with Crippen molar-refractivity contribution in [3.05, 3.63) is 51.5 Å². The predicted octanol–water partition coefficient (Wildman–Crippen LogP) is 2.89. The van der Waals surface area contributed by atoms with Crippen LogP contribution in [0.2, 0.25) is 0 Å². The number of thiazole rings is 1. The van der Waals surface area contributed by atoms with Gasteiger partial charge in [-0.2, -0.15) is 13.2 Å². The number of aromatic nitrogens is 1. The fraction of sp³-hybridized carbons (Fsp3) is 0.231. The second-order valence-corrected chi connectivity index (χ2v) is 5.08. The van der Waals surface area contributed by atoms with Gasteiger partial charge in [0.05, 0.1) is 4.88 Å². The van der Waals surface area contributed by atoms with Crippen molar-refractivity contribution >= 4 is 17.1 Å². The SMILES string of the molecule is NCCc1ccccc1C(=O)c1cnc(C(F)(F)F)s1. The van der Waals surface area contributed by atoms with E-state index in [1.165, 1.54) is 0 Å². The molecule has 7 heteroatoms. The van der Waals surface area contributed by atoms with E-state index in [0.29, 0.717) is 29.9 Å². The number of halogens is 3. The number of hydrogen-bond acceptors (Lipinski definition) is 4. The number of carbonyl (C=O) groups excluding carboxylic acids is 1. The smallest absolute Gasteiger partial charge is 0.330 e. The molecular formula is C13H11F3N2OS. The largest absolute Gasteiger partial charge is 0.443 e. The molecule has 0 aliphatic rings. The average Bonchev–Trinajstić information content (AvgIpc) is 2.88. The number of nitrogens with zero attached hydrogens (tertiary/aromatic N) is 1. The molecule has 0 aliphatic carbocycles. The molecule has 0 unspecified atom stereocenters. The predicted molar refractivity (Wildman–Crippen MR) is 69.7 cm³/mol. The van der Waals surface area contributed by atoms with Crippen molar-refractivity contribution in [2.45, 2.75) is 12.6 Å². The summed E-state index contributed by atoms with van der Waals surface area (Å²) in [6.45, 7) is 0.362. The number of rotatable bonds is 4. The van der Waals surface area contributed by atoms with E-state index in [-0.39, 0.29) is 4.88 Å². The molecule has 0 amide bonds. The minimum Gasteiger partial charge on any atom is -0.330 e. The molecule has 2 N–H and O–H groups in total. The molecule has 0 fully saturated rings. The van der Waals surface area contributed by atoms with Crippen LogP contribution in [0.4, 0.5) is 13.2 Å². The topological polar surface area (TPSA) is 56.0 Å². The Morgan fingerprint density at radius 3 is 2.60 bits per heavy atom. The summed E-state index contributed by atoms with van der Waals surface area (Å²) in [5.41, 5.74) is 6.55. The van der Waals surface area contributed by atoms with Crippen LogP contribution in [-0.2, 0) is 12.6 Å². The monoisotopic (exact) mass is 300 g/mol. The third-order valence-electron chi connectivity index (χ3n) is 2.65. The Labute approximate surface area is 117 Å². The highest BCUT2D eigenvalue weighted by atomic mass is 32.1. The summed E-state index contributed by atoms with van der Waals surface area (Å²) in [6, 6.07) is 6.75. The maximum atomic E-state index is 12.5. The van der Waals surface area contributed by atoms with Gasteiger partial charge in [0.1, 0.15) is 0 Å². The quantitative estimate of drug-likeness (QED) is 0.883. The Balaban J connectivity index is 2.34. The second kappa shape index (κ2) is 5.72. The van der Waals surface area contributed by atoms with Gasteiger partial charge in [0, 0.05) is 11.8 Å². The van der Waals surface area contributed by atoms with Crippen molar-refractivity contribution in [1.82, 2.24) is 4.98 Å². The van der Waals surface area contributed by atoms with Crippen molar-refractivity contribution in [2.24, 2.45) is 5.73 Å². The highest BCUT2D eigenvalue weighted by Gasteiger charge is 2.35. The van der Waals surface area contributed by atoms with Crippen molar-refractivity contribution in [3.8, 4) is 0 Å². The first-order valence-electron chi connectivity index (χ1n) is 5.79. The molecule has 0 saturated carbocycles. The van der Waals surface area contributed by atoms with Gasteiger partial charge in [-0.15, -0.1) is 11.3 Å². The molecule has 1 heterocycles. The van der Waals surface area contributed by atoms with Crippen molar-refractivity contribution < 1.29 is 18.0 Å². The second-order valence-electron chi connectivity index (χ2n) is 4.05. The van der Waals surface area contributed by atoms with Gasteiger partial charge in [0.25, 0.3) is 0 Å². The zero-order valence-electron chi connectivity index (χ0n) is 10.3. The summed E-state index contributed by atoms with van der Waals surface area (Å²) >= 11 is 0.353. The molecule has 3 nitrogen and oxygen atoms in total. The molecule has 2 rings (SSSR count). The van der Waals surface area contributed by atoms with E-state index in [2.05, 4.69) is 4.98 Å². The number of carbonyl (C=O) groups is 1. The summed E-state index contributed by atoms with van der Waals surface area (Å²) < 4.78 is 37.5. The standard InChI is InChI=1S/C13H11F3N2OS/c14-13(15,16)12-18-7-10(20-12)11(19)9-4-2-1-3-8(9)5-6-17/h1-4,7H,5-6,17H2. The third-order valence-corrected chi connectivity index (χ3v) is 3.69. The lowest BCUT2D eigenvalue weighted by Gasteiger charge is -2.05. The number of nitrogens with two attached hydrogens (primary N) is 1. The number of alkyl halides is 3. The number of benzene rings is 1. The average molecular weight is 300 g/mol. The van der Waals surface area contributed by atoms with E-state index in [0.717, 1.165) is 11.8 Å². The van der Waals surface area contributed by atoms with Gasteiger partial charge in [0.15, 0.2) is 5.01 Å². The highest BCUT2D eigenvalue weighted by molar-refractivity contribution is 7.14. The molecule has 0 spiro atoms. The van der Waals surface area contributed by atoms with Crippen molar-refractivity contribution in [3.63, 3.8) is 0 Å². The molecule has 106 valence electrons. The maximum Gasteiger partial charge on any atom is 0.443 e. The molecule has 1 aromatic heterocycles. The maximum absolute atomic E-state index is 12.5. The molecule has 0 atom stereocenters. The Bertz CT molecular complexity index is 622. The molecule has 0 bridgehead atoms. The molecule has 0 saturated heterocycles.